The zero-order valence-corrected chi connectivity index (χ0v) is 13.6. The van der Waals surface area contributed by atoms with Crippen LogP contribution in [0, 0.1) is 3.57 Å². The number of ether oxygens (including phenoxy) is 3. The van der Waals surface area contributed by atoms with Gasteiger partial charge in [-0.25, -0.2) is 9.59 Å². The zero-order valence-electron chi connectivity index (χ0n) is 11.5. The molecule has 1 rings (SSSR count). The first-order chi connectivity index (χ1) is 9.58. The van der Waals surface area contributed by atoms with Gasteiger partial charge in [-0.3, -0.25) is 0 Å². The molecule has 0 atom stereocenters. The van der Waals surface area contributed by atoms with E-state index < -0.39 is 11.9 Å². The summed E-state index contributed by atoms with van der Waals surface area (Å²) >= 11 is 2.04. The van der Waals surface area contributed by atoms with Crippen LogP contribution >= 0.6 is 22.6 Å². The lowest BCUT2D eigenvalue weighted by Crippen LogP contribution is -2.12. The first-order valence-electron chi connectivity index (χ1n) is 6.31. The molecule has 1 aromatic rings. The van der Waals surface area contributed by atoms with Crippen molar-refractivity contribution in [2.75, 3.05) is 26.4 Å². The third-order valence-electron chi connectivity index (χ3n) is 2.31. The molecule has 0 aromatic heterocycles. The van der Waals surface area contributed by atoms with Gasteiger partial charge in [-0.2, -0.15) is 0 Å². The van der Waals surface area contributed by atoms with E-state index in [0.29, 0.717) is 30.9 Å². The first-order valence-corrected chi connectivity index (χ1v) is 7.39. The Bertz CT molecular complexity index is 473. The van der Waals surface area contributed by atoms with Crippen molar-refractivity contribution in [1.82, 2.24) is 0 Å². The van der Waals surface area contributed by atoms with Crippen molar-refractivity contribution in [2.24, 2.45) is 0 Å². The normalized spacial score (nSPS) is 10.2. The maximum absolute atomic E-state index is 11.9. The smallest absolute Gasteiger partial charge is 0.338 e. The van der Waals surface area contributed by atoms with E-state index in [1.54, 1.807) is 19.1 Å². The number of esters is 2. The highest BCUT2D eigenvalue weighted by molar-refractivity contribution is 14.1. The monoisotopic (exact) mass is 392 g/mol. The molecule has 0 radical (unpaired) electrons. The molecule has 0 heterocycles. The number of carbonyl (C=O) groups is 2. The van der Waals surface area contributed by atoms with Gasteiger partial charge in [0.05, 0.1) is 24.3 Å². The second-order valence-corrected chi connectivity index (χ2v) is 5.03. The minimum atomic E-state index is -0.478. The van der Waals surface area contributed by atoms with Gasteiger partial charge in [0.25, 0.3) is 0 Å². The quantitative estimate of drug-likeness (QED) is 0.406. The Kier molecular flexibility index (Phi) is 7.53. The summed E-state index contributed by atoms with van der Waals surface area (Å²) in [4.78, 5) is 23.5. The fourth-order valence-corrected chi connectivity index (χ4v) is 2.13. The van der Waals surface area contributed by atoms with Gasteiger partial charge in [0.1, 0.15) is 6.61 Å². The van der Waals surface area contributed by atoms with Crippen molar-refractivity contribution in [3.63, 3.8) is 0 Å². The van der Waals surface area contributed by atoms with Gasteiger partial charge >= 0.3 is 11.9 Å². The summed E-state index contributed by atoms with van der Waals surface area (Å²) in [6.07, 6.45) is 0. The maximum Gasteiger partial charge on any atom is 0.338 e. The molecule has 0 aliphatic carbocycles. The van der Waals surface area contributed by atoms with Crippen molar-refractivity contribution in [2.45, 2.75) is 13.8 Å². The summed E-state index contributed by atoms with van der Waals surface area (Å²) in [7, 11) is 0. The summed E-state index contributed by atoms with van der Waals surface area (Å²) in [5.41, 5.74) is 0.673. The van der Waals surface area contributed by atoms with Crippen molar-refractivity contribution in [3.05, 3.63) is 32.9 Å². The Balaban J connectivity index is 2.74. The molecule has 0 fully saturated rings. The lowest BCUT2D eigenvalue weighted by Gasteiger charge is -2.07. The van der Waals surface area contributed by atoms with Crippen LogP contribution in [-0.2, 0) is 14.2 Å². The standard InChI is InChI=1S/C14H17IO5/c1-3-18-5-6-20-14(17)11-7-10(8-12(15)9-11)13(16)19-4-2/h7-9H,3-6H2,1-2H3. The van der Waals surface area contributed by atoms with Crippen LogP contribution in [0.4, 0.5) is 0 Å². The molecule has 0 unspecified atom stereocenters. The van der Waals surface area contributed by atoms with E-state index in [1.807, 2.05) is 29.5 Å². The van der Waals surface area contributed by atoms with E-state index in [2.05, 4.69) is 0 Å². The van der Waals surface area contributed by atoms with Crippen LogP contribution in [0.5, 0.6) is 0 Å². The van der Waals surface area contributed by atoms with Gasteiger partial charge in [-0.1, -0.05) is 0 Å². The predicted octanol–water partition coefficient (Wildman–Crippen LogP) is 2.66. The molecular weight excluding hydrogens is 375 g/mol. The average Bonchev–Trinajstić information content (AvgIpc) is 2.43. The summed E-state index contributed by atoms with van der Waals surface area (Å²) in [6, 6.07) is 4.80. The number of carbonyl (C=O) groups excluding carboxylic acids is 2. The van der Waals surface area contributed by atoms with Crippen molar-refractivity contribution >= 4 is 34.5 Å². The summed E-state index contributed by atoms with van der Waals surface area (Å²) in [5, 5.41) is 0. The van der Waals surface area contributed by atoms with Crippen LogP contribution in [0.3, 0.4) is 0 Å². The molecule has 110 valence electrons. The van der Waals surface area contributed by atoms with E-state index in [4.69, 9.17) is 14.2 Å². The molecule has 0 saturated heterocycles. The van der Waals surface area contributed by atoms with Crippen LogP contribution in [0.25, 0.3) is 0 Å². The Morgan fingerprint density at radius 2 is 1.55 bits per heavy atom. The van der Waals surface area contributed by atoms with Crippen LogP contribution < -0.4 is 0 Å². The Morgan fingerprint density at radius 1 is 0.950 bits per heavy atom. The number of rotatable bonds is 7. The Hall–Kier alpha value is -1.15. The average molecular weight is 392 g/mol. The third kappa shape index (κ3) is 5.46. The third-order valence-corrected chi connectivity index (χ3v) is 2.93. The summed E-state index contributed by atoms with van der Waals surface area (Å²) in [5.74, 6) is -0.928. The molecular formula is C14H17IO5. The molecule has 20 heavy (non-hydrogen) atoms. The molecule has 6 heteroatoms. The largest absolute Gasteiger partial charge is 0.462 e. The second-order valence-electron chi connectivity index (χ2n) is 3.78. The number of benzene rings is 1. The molecule has 0 spiro atoms. The number of hydrogen-bond acceptors (Lipinski definition) is 5. The van der Waals surface area contributed by atoms with Crippen LogP contribution in [0.1, 0.15) is 34.6 Å². The molecule has 0 aliphatic heterocycles. The van der Waals surface area contributed by atoms with Crippen LogP contribution in [-0.4, -0.2) is 38.4 Å². The fraction of sp³-hybridized carbons (Fsp3) is 0.429. The van der Waals surface area contributed by atoms with Crippen molar-refractivity contribution in [3.8, 4) is 0 Å². The van der Waals surface area contributed by atoms with E-state index in [-0.39, 0.29) is 6.61 Å². The molecule has 1 aromatic carbocycles. The maximum atomic E-state index is 11.9. The van der Waals surface area contributed by atoms with Gasteiger partial charge in [-0.05, 0) is 54.6 Å². The molecule has 0 bridgehead atoms. The van der Waals surface area contributed by atoms with Gasteiger partial charge < -0.3 is 14.2 Å². The van der Waals surface area contributed by atoms with Gasteiger partial charge in [0, 0.05) is 10.2 Å². The summed E-state index contributed by atoms with van der Waals surface area (Å²) < 4.78 is 15.8. The number of halogens is 1. The van der Waals surface area contributed by atoms with Crippen molar-refractivity contribution in [1.29, 1.82) is 0 Å². The lowest BCUT2D eigenvalue weighted by molar-refractivity contribution is 0.0335. The van der Waals surface area contributed by atoms with Crippen molar-refractivity contribution < 1.29 is 23.8 Å². The van der Waals surface area contributed by atoms with Gasteiger partial charge in [-0.15, -0.1) is 0 Å². The zero-order chi connectivity index (χ0) is 15.0. The number of hydrogen-bond donors (Lipinski definition) is 0. The minimum Gasteiger partial charge on any atom is -0.462 e. The van der Waals surface area contributed by atoms with Gasteiger partial charge in [0.2, 0.25) is 0 Å². The van der Waals surface area contributed by atoms with Gasteiger partial charge in [0.15, 0.2) is 0 Å². The highest BCUT2D eigenvalue weighted by Gasteiger charge is 2.14. The SMILES string of the molecule is CCOCCOC(=O)c1cc(I)cc(C(=O)OCC)c1. The lowest BCUT2D eigenvalue weighted by atomic mass is 10.1. The highest BCUT2D eigenvalue weighted by atomic mass is 127. The first kappa shape index (κ1) is 16.9. The molecule has 0 N–H and O–H groups in total. The Morgan fingerprint density at radius 3 is 2.10 bits per heavy atom. The molecule has 0 aliphatic rings. The molecule has 0 amide bonds. The Labute approximate surface area is 131 Å². The highest BCUT2D eigenvalue weighted by Crippen LogP contribution is 2.14. The van der Waals surface area contributed by atoms with E-state index in [1.165, 1.54) is 6.07 Å². The van der Waals surface area contributed by atoms with Crippen LogP contribution in [0.2, 0.25) is 0 Å². The van der Waals surface area contributed by atoms with E-state index in [9.17, 15) is 9.59 Å². The fourth-order valence-electron chi connectivity index (χ4n) is 1.46. The van der Waals surface area contributed by atoms with E-state index >= 15 is 0 Å². The summed E-state index contributed by atoms with van der Waals surface area (Å²) in [6.45, 7) is 5.01. The molecule has 5 nitrogen and oxygen atoms in total. The van der Waals surface area contributed by atoms with Crippen LogP contribution in [0.15, 0.2) is 18.2 Å². The minimum absolute atomic E-state index is 0.187. The van der Waals surface area contributed by atoms with E-state index in [0.717, 1.165) is 3.57 Å². The predicted molar refractivity (Wildman–Crippen MR) is 81.9 cm³/mol. The topological polar surface area (TPSA) is 61.8 Å². The second kappa shape index (κ2) is 8.91. The molecule has 0 saturated carbocycles.